The van der Waals surface area contributed by atoms with Crippen molar-refractivity contribution >= 4 is 17.5 Å². The van der Waals surface area contributed by atoms with Gasteiger partial charge in [0, 0.05) is 32.1 Å². The number of benzene rings is 1. The van der Waals surface area contributed by atoms with Crippen LogP contribution in [0.2, 0.25) is 0 Å². The largest absolute Gasteiger partial charge is 0.356 e. The van der Waals surface area contributed by atoms with Gasteiger partial charge in [0.15, 0.2) is 0 Å². The molecule has 0 bridgehead atoms. The van der Waals surface area contributed by atoms with Gasteiger partial charge in [-0.15, -0.1) is 0 Å². The number of piperidine rings is 1. The van der Waals surface area contributed by atoms with Crippen molar-refractivity contribution in [1.29, 1.82) is 0 Å². The normalized spacial score (nSPS) is 24.1. The third kappa shape index (κ3) is 4.41. The molecule has 1 aromatic rings. The lowest BCUT2D eigenvalue weighted by molar-refractivity contribution is -0.126. The molecule has 1 aromatic carbocycles. The Bertz CT molecular complexity index is 652. The second-order valence-corrected chi connectivity index (χ2v) is 7.38. The lowest BCUT2D eigenvalue weighted by Gasteiger charge is -2.33. The molecule has 0 spiro atoms. The third-order valence-corrected chi connectivity index (χ3v) is 5.50. The fourth-order valence-electron chi connectivity index (χ4n) is 3.91. The van der Waals surface area contributed by atoms with Gasteiger partial charge in [-0.2, -0.15) is 0 Å². The number of para-hydroxylation sites is 1. The summed E-state index contributed by atoms with van der Waals surface area (Å²) in [5, 5.41) is 2.95. The van der Waals surface area contributed by atoms with Gasteiger partial charge in [-0.05, 0) is 44.9 Å². The van der Waals surface area contributed by atoms with Crippen molar-refractivity contribution in [2.75, 3.05) is 31.1 Å². The quantitative estimate of drug-likeness (QED) is 0.793. The Balaban J connectivity index is 1.44. The van der Waals surface area contributed by atoms with E-state index in [0.717, 1.165) is 19.5 Å². The van der Waals surface area contributed by atoms with Crippen LogP contribution in [0.1, 0.15) is 39.0 Å². The van der Waals surface area contributed by atoms with Gasteiger partial charge in [-0.25, -0.2) is 4.39 Å². The van der Waals surface area contributed by atoms with E-state index in [9.17, 15) is 14.0 Å². The molecule has 3 rings (SSSR count). The maximum atomic E-state index is 13.9. The Labute approximate surface area is 154 Å². The summed E-state index contributed by atoms with van der Waals surface area (Å²) in [4.78, 5) is 28.4. The summed E-state index contributed by atoms with van der Waals surface area (Å²) in [6.45, 7) is 5.26. The first-order chi connectivity index (χ1) is 12.6. The molecular formula is C20H28FN3O2. The predicted octanol–water partition coefficient (Wildman–Crippen LogP) is 2.56. The topological polar surface area (TPSA) is 52.7 Å². The lowest BCUT2D eigenvalue weighted by atomic mass is 10.0. The first-order valence-electron chi connectivity index (χ1n) is 9.63. The van der Waals surface area contributed by atoms with E-state index in [1.54, 1.807) is 18.2 Å². The Morgan fingerprint density at radius 3 is 2.88 bits per heavy atom. The van der Waals surface area contributed by atoms with Crippen molar-refractivity contribution in [1.82, 2.24) is 10.2 Å². The predicted molar refractivity (Wildman–Crippen MR) is 99.4 cm³/mol. The minimum absolute atomic E-state index is 0.108. The molecule has 0 radical (unpaired) electrons. The van der Waals surface area contributed by atoms with Crippen LogP contribution in [-0.4, -0.2) is 48.9 Å². The van der Waals surface area contributed by atoms with Gasteiger partial charge in [-0.1, -0.05) is 18.6 Å². The van der Waals surface area contributed by atoms with Crippen molar-refractivity contribution in [2.45, 2.75) is 45.1 Å². The number of rotatable bonds is 6. The summed E-state index contributed by atoms with van der Waals surface area (Å²) in [6, 6.07) is 6.82. The number of likely N-dealkylation sites (tertiary alicyclic amines) is 1. The molecule has 26 heavy (non-hydrogen) atoms. The summed E-state index contributed by atoms with van der Waals surface area (Å²) in [5.41, 5.74) is 0.256. The zero-order valence-corrected chi connectivity index (χ0v) is 15.4. The molecule has 1 N–H and O–H groups in total. The fourth-order valence-corrected chi connectivity index (χ4v) is 3.91. The molecule has 0 unspecified atom stereocenters. The highest BCUT2D eigenvalue weighted by Gasteiger charge is 2.35. The maximum absolute atomic E-state index is 13.9. The summed E-state index contributed by atoms with van der Waals surface area (Å²) in [5.74, 6) is -1.14. The van der Waals surface area contributed by atoms with Crippen LogP contribution in [0.3, 0.4) is 0 Å². The van der Waals surface area contributed by atoms with E-state index in [1.165, 1.54) is 30.2 Å². The summed E-state index contributed by atoms with van der Waals surface area (Å²) in [7, 11) is 0. The van der Waals surface area contributed by atoms with Crippen molar-refractivity contribution in [3.05, 3.63) is 30.1 Å². The van der Waals surface area contributed by atoms with Crippen LogP contribution in [0.5, 0.6) is 0 Å². The Morgan fingerprint density at radius 2 is 2.12 bits per heavy atom. The number of carbonyl (C=O) groups excluding carboxylic acids is 2. The van der Waals surface area contributed by atoms with E-state index in [0.29, 0.717) is 12.6 Å². The zero-order valence-electron chi connectivity index (χ0n) is 15.4. The molecule has 0 aliphatic carbocycles. The molecular weight excluding hydrogens is 333 g/mol. The van der Waals surface area contributed by atoms with Gasteiger partial charge < -0.3 is 15.1 Å². The highest BCUT2D eigenvalue weighted by atomic mass is 19.1. The number of anilines is 1. The minimum Gasteiger partial charge on any atom is -0.356 e. The second-order valence-electron chi connectivity index (χ2n) is 7.38. The average Bonchev–Trinajstić information content (AvgIpc) is 3.02. The average molecular weight is 361 g/mol. The number of halogens is 1. The lowest BCUT2D eigenvalue weighted by Crippen LogP contribution is -2.40. The monoisotopic (exact) mass is 361 g/mol. The molecule has 0 saturated carbocycles. The molecule has 2 heterocycles. The van der Waals surface area contributed by atoms with Crippen molar-refractivity contribution in [3.8, 4) is 0 Å². The second kappa shape index (κ2) is 8.62. The van der Waals surface area contributed by atoms with Crippen LogP contribution in [0.4, 0.5) is 10.1 Å². The molecule has 2 saturated heterocycles. The third-order valence-electron chi connectivity index (χ3n) is 5.50. The number of amides is 2. The number of nitrogens with one attached hydrogen (secondary N) is 1. The van der Waals surface area contributed by atoms with Gasteiger partial charge >= 0.3 is 0 Å². The van der Waals surface area contributed by atoms with Crippen molar-refractivity contribution < 1.29 is 14.0 Å². The molecule has 2 aliphatic rings. The summed E-state index contributed by atoms with van der Waals surface area (Å²) < 4.78 is 13.9. The van der Waals surface area contributed by atoms with E-state index in [2.05, 4.69) is 17.1 Å². The van der Waals surface area contributed by atoms with Crippen LogP contribution in [0, 0.1) is 11.7 Å². The van der Waals surface area contributed by atoms with Crippen LogP contribution >= 0.6 is 0 Å². The van der Waals surface area contributed by atoms with E-state index in [1.807, 2.05) is 0 Å². The molecule has 2 atom stereocenters. The van der Waals surface area contributed by atoms with Gasteiger partial charge in [0.2, 0.25) is 11.8 Å². The van der Waals surface area contributed by atoms with E-state index in [-0.39, 0.29) is 30.5 Å². The van der Waals surface area contributed by atoms with Crippen LogP contribution in [0.25, 0.3) is 0 Å². The Hall–Kier alpha value is -1.95. The number of hydrogen-bond acceptors (Lipinski definition) is 3. The van der Waals surface area contributed by atoms with E-state index < -0.39 is 11.7 Å². The van der Waals surface area contributed by atoms with Gasteiger partial charge in [-0.3, -0.25) is 9.59 Å². The van der Waals surface area contributed by atoms with Crippen LogP contribution in [-0.2, 0) is 9.59 Å². The van der Waals surface area contributed by atoms with Gasteiger partial charge in [0.1, 0.15) is 5.82 Å². The molecule has 2 amide bonds. The smallest absolute Gasteiger partial charge is 0.227 e. The van der Waals surface area contributed by atoms with Crippen molar-refractivity contribution in [3.63, 3.8) is 0 Å². The molecule has 5 nitrogen and oxygen atoms in total. The summed E-state index contributed by atoms with van der Waals surface area (Å²) >= 11 is 0. The highest BCUT2D eigenvalue weighted by Crippen LogP contribution is 2.27. The molecule has 2 aliphatic heterocycles. The molecule has 2 fully saturated rings. The number of hydrogen-bond donors (Lipinski definition) is 1. The van der Waals surface area contributed by atoms with E-state index in [4.69, 9.17) is 0 Å². The number of carbonyl (C=O) groups is 2. The molecule has 0 aromatic heterocycles. The Kier molecular flexibility index (Phi) is 6.25. The fraction of sp³-hybridized carbons (Fsp3) is 0.600. The maximum Gasteiger partial charge on any atom is 0.227 e. The van der Waals surface area contributed by atoms with Gasteiger partial charge in [0.25, 0.3) is 0 Å². The zero-order chi connectivity index (χ0) is 18.5. The Morgan fingerprint density at radius 1 is 1.31 bits per heavy atom. The highest BCUT2D eigenvalue weighted by molar-refractivity contribution is 6.00. The standard InChI is InChI=1S/C20H28FN3O2/c1-15-7-4-5-11-23(15)12-6-10-22-20(26)16-13-19(25)24(14-16)18-9-3-2-8-17(18)21/h2-3,8-9,15-16H,4-7,10-14H2,1H3,(H,22,26)/t15-,16+/m1/s1. The van der Waals surface area contributed by atoms with Crippen LogP contribution < -0.4 is 10.2 Å². The SMILES string of the molecule is C[C@@H]1CCCCN1CCCNC(=O)[C@H]1CC(=O)N(c2ccccc2F)C1. The van der Waals surface area contributed by atoms with Crippen LogP contribution in [0.15, 0.2) is 24.3 Å². The molecule has 142 valence electrons. The minimum atomic E-state index is -0.433. The molecule has 6 heteroatoms. The van der Waals surface area contributed by atoms with E-state index >= 15 is 0 Å². The van der Waals surface area contributed by atoms with Gasteiger partial charge in [0.05, 0.1) is 11.6 Å². The van der Waals surface area contributed by atoms with Crippen molar-refractivity contribution in [2.24, 2.45) is 5.92 Å². The first-order valence-corrected chi connectivity index (χ1v) is 9.63. The summed E-state index contributed by atoms with van der Waals surface area (Å²) in [6.07, 6.45) is 4.87. The first kappa shape index (κ1) is 18.8. The number of nitrogens with zero attached hydrogens (tertiary/aromatic N) is 2.